The van der Waals surface area contributed by atoms with Crippen molar-refractivity contribution in [2.75, 3.05) is 25.5 Å². The second-order valence-electron chi connectivity index (χ2n) is 4.44. The zero-order chi connectivity index (χ0) is 12.3. The van der Waals surface area contributed by atoms with E-state index in [2.05, 4.69) is 23.3 Å². The predicted octanol–water partition coefficient (Wildman–Crippen LogP) is 2.72. The van der Waals surface area contributed by atoms with Crippen molar-refractivity contribution in [1.82, 2.24) is 4.90 Å². The van der Waals surface area contributed by atoms with Crippen LogP contribution in [0.15, 0.2) is 18.2 Å². The molecule has 4 heteroatoms. The summed E-state index contributed by atoms with van der Waals surface area (Å²) in [6.07, 6.45) is 2.63. The molecule has 0 heterocycles. The number of hydrogen-bond acceptors (Lipinski definition) is 3. The fraction of sp³-hybridized carbons (Fsp3) is 0.462. The Morgan fingerprint density at radius 3 is 2.94 bits per heavy atom. The summed E-state index contributed by atoms with van der Waals surface area (Å²) in [6.45, 7) is 1.82. The van der Waals surface area contributed by atoms with Gasteiger partial charge >= 0.3 is 0 Å². The summed E-state index contributed by atoms with van der Waals surface area (Å²) in [6, 6.07) is 8.22. The minimum absolute atomic E-state index is 0.642. The third-order valence-electron chi connectivity index (χ3n) is 3.05. The first-order chi connectivity index (χ1) is 8.20. The Labute approximate surface area is 107 Å². The maximum absolute atomic E-state index is 8.97. The number of hydrogen-bond donors (Lipinski definition) is 1. The molecule has 0 unspecified atom stereocenters. The van der Waals surface area contributed by atoms with Gasteiger partial charge < -0.3 is 10.2 Å². The molecule has 0 radical (unpaired) electrons. The summed E-state index contributed by atoms with van der Waals surface area (Å²) in [5, 5.41) is 12.9. The van der Waals surface area contributed by atoms with Crippen LogP contribution >= 0.6 is 11.6 Å². The molecule has 0 spiro atoms. The van der Waals surface area contributed by atoms with Gasteiger partial charge in [-0.2, -0.15) is 5.26 Å². The van der Waals surface area contributed by atoms with Crippen molar-refractivity contribution >= 4 is 17.3 Å². The van der Waals surface area contributed by atoms with Crippen molar-refractivity contribution in [2.24, 2.45) is 0 Å². The molecule has 1 fully saturated rings. The quantitative estimate of drug-likeness (QED) is 0.872. The molecule has 3 nitrogen and oxygen atoms in total. The van der Waals surface area contributed by atoms with E-state index in [1.807, 2.05) is 0 Å². The van der Waals surface area contributed by atoms with Gasteiger partial charge in [-0.25, -0.2) is 0 Å². The van der Waals surface area contributed by atoms with Crippen molar-refractivity contribution in [2.45, 2.75) is 18.9 Å². The Morgan fingerprint density at radius 1 is 1.53 bits per heavy atom. The standard InChI is InChI=1S/C13H16ClN3/c1-17(12-4-5-12)7-6-16-13-8-11(14)3-2-10(13)9-15/h2-3,8,12,16H,4-7H2,1H3. The van der Waals surface area contributed by atoms with Crippen LogP contribution in [0.25, 0.3) is 0 Å². The second kappa shape index (κ2) is 5.39. The highest BCUT2D eigenvalue weighted by Gasteiger charge is 2.25. The van der Waals surface area contributed by atoms with E-state index in [0.717, 1.165) is 24.8 Å². The molecule has 1 aromatic rings. The SMILES string of the molecule is CN(CCNc1cc(Cl)ccc1C#N)C1CC1. The highest BCUT2D eigenvalue weighted by Crippen LogP contribution is 2.25. The number of halogens is 1. The minimum Gasteiger partial charge on any atom is -0.383 e. The van der Waals surface area contributed by atoms with Gasteiger partial charge in [-0.3, -0.25) is 0 Å². The number of nitriles is 1. The van der Waals surface area contributed by atoms with Crippen molar-refractivity contribution in [3.8, 4) is 6.07 Å². The molecule has 1 aromatic carbocycles. The third-order valence-corrected chi connectivity index (χ3v) is 3.29. The van der Waals surface area contributed by atoms with Gasteiger partial charge in [0.15, 0.2) is 0 Å². The van der Waals surface area contributed by atoms with Crippen LogP contribution in [0.2, 0.25) is 5.02 Å². The lowest BCUT2D eigenvalue weighted by Crippen LogP contribution is -2.27. The normalized spacial score (nSPS) is 14.7. The van der Waals surface area contributed by atoms with Crippen molar-refractivity contribution in [3.05, 3.63) is 28.8 Å². The van der Waals surface area contributed by atoms with E-state index in [0.29, 0.717) is 10.6 Å². The van der Waals surface area contributed by atoms with E-state index in [4.69, 9.17) is 16.9 Å². The molecule has 90 valence electrons. The monoisotopic (exact) mass is 249 g/mol. The van der Waals surface area contributed by atoms with Gasteiger partial charge in [-0.05, 0) is 38.1 Å². The summed E-state index contributed by atoms with van der Waals surface area (Å²) in [5.41, 5.74) is 1.47. The van der Waals surface area contributed by atoms with Crippen LogP contribution in [0.4, 0.5) is 5.69 Å². The fourth-order valence-electron chi connectivity index (χ4n) is 1.83. The van der Waals surface area contributed by atoms with Crippen molar-refractivity contribution in [3.63, 3.8) is 0 Å². The Balaban J connectivity index is 1.89. The molecule has 0 saturated heterocycles. The van der Waals surface area contributed by atoms with Crippen LogP contribution in [0.5, 0.6) is 0 Å². The Kier molecular flexibility index (Phi) is 3.88. The highest BCUT2D eigenvalue weighted by molar-refractivity contribution is 6.30. The van der Waals surface area contributed by atoms with Gasteiger partial charge in [-0.15, -0.1) is 0 Å². The van der Waals surface area contributed by atoms with E-state index < -0.39 is 0 Å². The number of nitrogens with zero attached hydrogens (tertiary/aromatic N) is 2. The molecular formula is C13H16ClN3. The predicted molar refractivity (Wildman–Crippen MR) is 70.3 cm³/mol. The number of anilines is 1. The van der Waals surface area contributed by atoms with Gasteiger partial charge in [0.05, 0.1) is 11.3 Å². The van der Waals surface area contributed by atoms with Crippen LogP contribution in [-0.2, 0) is 0 Å². The van der Waals surface area contributed by atoms with E-state index in [1.54, 1.807) is 18.2 Å². The van der Waals surface area contributed by atoms with Crippen LogP contribution in [0.3, 0.4) is 0 Å². The molecule has 1 aliphatic carbocycles. The molecule has 1 saturated carbocycles. The largest absolute Gasteiger partial charge is 0.383 e. The maximum atomic E-state index is 8.97. The van der Waals surface area contributed by atoms with Crippen LogP contribution in [0.1, 0.15) is 18.4 Å². The van der Waals surface area contributed by atoms with Crippen LogP contribution in [0, 0.1) is 11.3 Å². The van der Waals surface area contributed by atoms with Crippen LogP contribution in [-0.4, -0.2) is 31.1 Å². The van der Waals surface area contributed by atoms with Gasteiger partial charge in [0.2, 0.25) is 0 Å². The number of rotatable bonds is 5. The average molecular weight is 250 g/mol. The Hall–Kier alpha value is -1.24. The van der Waals surface area contributed by atoms with Gasteiger partial charge in [0, 0.05) is 24.2 Å². The molecule has 0 atom stereocenters. The fourth-order valence-corrected chi connectivity index (χ4v) is 2.00. The molecule has 1 aliphatic rings. The topological polar surface area (TPSA) is 39.1 Å². The smallest absolute Gasteiger partial charge is 0.101 e. The van der Waals surface area contributed by atoms with Crippen molar-refractivity contribution in [1.29, 1.82) is 5.26 Å². The van der Waals surface area contributed by atoms with E-state index in [-0.39, 0.29) is 0 Å². The minimum atomic E-state index is 0.642. The van der Waals surface area contributed by atoms with E-state index in [1.165, 1.54) is 12.8 Å². The first kappa shape index (κ1) is 12.2. The first-order valence-corrected chi connectivity index (χ1v) is 6.22. The summed E-state index contributed by atoms with van der Waals surface area (Å²) >= 11 is 5.92. The van der Waals surface area contributed by atoms with E-state index in [9.17, 15) is 0 Å². The number of benzene rings is 1. The Bertz CT molecular complexity index is 435. The molecular weight excluding hydrogens is 234 g/mol. The lowest BCUT2D eigenvalue weighted by atomic mass is 10.2. The molecule has 0 bridgehead atoms. The van der Waals surface area contributed by atoms with Crippen LogP contribution < -0.4 is 5.32 Å². The van der Waals surface area contributed by atoms with Gasteiger partial charge in [-0.1, -0.05) is 11.6 Å². The molecule has 0 aromatic heterocycles. The van der Waals surface area contributed by atoms with Gasteiger partial charge in [0.25, 0.3) is 0 Å². The third kappa shape index (κ3) is 3.36. The summed E-state index contributed by atoms with van der Waals surface area (Å²) < 4.78 is 0. The lowest BCUT2D eigenvalue weighted by molar-refractivity contribution is 0.337. The first-order valence-electron chi connectivity index (χ1n) is 5.84. The maximum Gasteiger partial charge on any atom is 0.101 e. The molecule has 1 N–H and O–H groups in total. The second-order valence-corrected chi connectivity index (χ2v) is 4.88. The summed E-state index contributed by atoms with van der Waals surface area (Å²) in [5.74, 6) is 0. The molecule has 0 amide bonds. The number of nitrogens with one attached hydrogen (secondary N) is 1. The lowest BCUT2D eigenvalue weighted by Gasteiger charge is -2.16. The zero-order valence-electron chi connectivity index (χ0n) is 9.91. The highest BCUT2D eigenvalue weighted by atomic mass is 35.5. The summed E-state index contributed by atoms with van der Waals surface area (Å²) in [4.78, 5) is 2.35. The molecule has 2 rings (SSSR count). The average Bonchev–Trinajstić information content (AvgIpc) is 3.13. The van der Waals surface area contributed by atoms with E-state index >= 15 is 0 Å². The van der Waals surface area contributed by atoms with Crippen molar-refractivity contribution < 1.29 is 0 Å². The summed E-state index contributed by atoms with van der Waals surface area (Å²) in [7, 11) is 2.14. The number of likely N-dealkylation sites (N-methyl/N-ethyl adjacent to an activating group) is 1. The molecule has 0 aliphatic heterocycles. The van der Waals surface area contributed by atoms with Gasteiger partial charge in [0.1, 0.15) is 6.07 Å². The molecule has 17 heavy (non-hydrogen) atoms. The zero-order valence-corrected chi connectivity index (χ0v) is 10.7. The Morgan fingerprint density at radius 2 is 2.29 bits per heavy atom.